The summed E-state index contributed by atoms with van der Waals surface area (Å²) >= 11 is 0. The van der Waals surface area contributed by atoms with Crippen molar-refractivity contribution < 1.29 is 9.59 Å². The van der Waals surface area contributed by atoms with Crippen LogP contribution in [0.15, 0.2) is 78.9 Å². The Kier molecular flexibility index (Phi) is 4.15. The van der Waals surface area contributed by atoms with Gasteiger partial charge in [0.1, 0.15) is 18.2 Å². The second kappa shape index (κ2) is 6.95. The number of fused-ring (bicyclic) bond motifs is 5. The Morgan fingerprint density at radius 2 is 1.72 bits per heavy atom. The van der Waals surface area contributed by atoms with Crippen molar-refractivity contribution in [1.29, 1.82) is 0 Å². The molecule has 3 aliphatic rings. The number of para-hydroxylation sites is 1. The molecular weight excluding hydrogens is 398 g/mol. The first kappa shape index (κ1) is 19.1. The second-order valence-corrected chi connectivity index (χ2v) is 9.15. The molecule has 0 aromatic heterocycles. The topological polar surface area (TPSA) is 61.4 Å². The van der Waals surface area contributed by atoms with Gasteiger partial charge in [0.15, 0.2) is 0 Å². The molecule has 3 aliphatic heterocycles. The fraction of sp³-hybridized carbons (Fsp3) is 0.259. The number of carbonyl (C=O) groups is 2. The minimum absolute atomic E-state index is 0.0155. The average Bonchev–Trinajstić information content (AvgIpc) is 3.31. The van der Waals surface area contributed by atoms with Crippen molar-refractivity contribution in [1.82, 2.24) is 10.2 Å². The zero-order chi connectivity index (χ0) is 21.9. The number of anilines is 1. The zero-order valence-electron chi connectivity index (χ0n) is 17.9. The number of nitrogens with one attached hydrogen (secondary N) is 2. The van der Waals surface area contributed by atoms with Crippen molar-refractivity contribution >= 4 is 17.5 Å². The van der Waals surface area contributed by atoms with Crippen LogP contribution in [0.25, 0.3) is 0 Å². The quantitative estimate of drug-likeness (QED) is 0.679. The minimum atomic E-state index is -0.556. The van der Waals surface area contributed by atoms with E-state index in [0.29, 0.717) is 12.8 Å². The summed E-state index contributed by atoms with van der Waals surface area (Å²) < 4.78 is 0. The molecule has 3 aromatic carbocycles. The summed E-state index contributed by atoms with van der Waals surface area (Å²) in [6.07, 6.45) is 0.774. The predicted octanol–water partition coefficient (Wildman–Crippen LogP) is 3.37. The summed E-state index contributed by atoms with van der Waals surface area (Å²) in [4.78, 5) is 28.9. The molecule has 3 heterocycles. The number of carbonyl (C=O) groups excluding carboxylic acids is 2. The first-order valence-electron chi connectivity index (χ1n) is 11.2. The van der Waals surface area contributed by atoms with Crippen molar-refractivity contribution in [2.75, 3.05) is 5.32 Å². The third kappa shape index (κ3) is 2.63. The number of piperazine rings is 1. The summed E-state index contributed by atoms with van der Waals surface area (Å²) in [7, 11) is 0. The Bertz CT molecular complexity index is 1220. The highest BCUT2D eigenvalue weighted by Crippen LogP contribution is 2.55. The second-order valence-electron chi connectivity index (χ2n) is 9.15. The number of nitrogens with zero attached hydrogens (tertiary/aromatic N) is 1. The summed E-state index contributed by atoms with van der Waals surface area (Å²) in [6.45, 7) is 2.08. The fourth-order valence-corrected chi connectivity index (χ4v) is 5.88. The van der Waals surface area contributed by atoms with Crippen molar-refractivity contribution in [2.24, 2.45) is 0 Å². The van der Waals surface area contributed by atoms with Gasteiger partial charge in [0.2, 0.25) is 11.8 Å². The molecule has 0 spiro atoms. The minimum Gasteiger partial charge on any atom is -0.364 e. The van der Waals surface area contributed by atoms with Crippen LogP contribution in [0.4, 0.5) is 5.69 Å². The van der Waals surface area contributed by atoms with Crippen LogP contribution in [0.2, 0.25) is 0 Å². The van der Waals surface area contributed by atoms with Gasteiger partial charge in [-0.1, -0.05) is 78.4 Å². The SMILES string of the molecule is Cc1cccc([C@]23C[C@H]4C(=O)N[C@@H](Cc5ccccc5)C(=O)N4[C@H]2Nc2ccccc23)c1. The Labute approximate surface area is 187 Å². The van der Waals surface area contributed by atoms with E-state index < -0.39 is 17.5 Å². The van der Waals surface area contributed by atoms with Gasteiger partial charge in [-0.3, -0.25) is 9.59 Å². The lowest BCUT2D eigenvalue weighted by atomic mass is 9.72. The van der Waals surface area contributed by atoms with Crippen LogP contribution in [-0.4, -0.2) is 35.0 Å². The van der Waals surface area contributed by atoms with Crippen LogP contribution < -0.4 is 10.6 Å². The van der Waals surface area contributed by atoms with E-state index in [4.69, 9.17) is 0 Å². The van der Waals surface area contributed by atoms with Crippen LogP contribution in [0, 0.1) is 6.92 Å². The van der Waals surface area contributed by atoms with E-state index in [0.717, 1.165) is 22.4 Å². The van der Waals surface area contributed by atoms with Crippen LogP contribution in [0.1, 0.15) is 28.7 Å². The molecule has 5 nitrogen and oxygen atoms in total. The molecule has 0 unspecified atom stereocenters. The molecule has 0 bridgehead atoms. The Morgan fingerprint density at radius 1 is 0.938 bits per heavy atom. The van der Waals surface area contributed by atoms with Crippen LogP contribution in [0.5, 0.6) is 0 Å². The van der Waals surface area contributed by atoms with Crippen LogP contribution in [-0.2, 0) is 21.4 Å². The van der Waals surface area contributed by atoms with E-state index in [1.165, 1.54) is 5.56 Å². The average molecular weight is 424 g/mol. The number of hydrogen-bond donors (Lipinski definition) is 2. The molecule has 160 valence electrons. The molecule has 0 radical (unpaired) electrons. The summed E-state index contributed by atoms with van der Waals surface area (Å²) in [5.74, 6) is -0.0791. The van der Waals surface area contributed by atoms with Gasteiger partial charge in [-0.25, -0.2) is 0 Å². The molecule has 2 saturated heterocycles. The molecule has 0 aliphatic carbocycles. The van der Waals surface area contributed by atoms with Crippen molar-refractivity contribution in [2.45, 2.75) is 43.4 Å². The maximum atomic E-state index is 13.8. The summed E-state index contributed by atoms with van der Waals surface area (Å²) in [6, 6.07) is 25.5. The Balaban J connectivity index is 1.45. The Hall–Kier alpha value is -3.60. The number of benzene rings is 3. The van der Waals surface area contributed by atoms with Crippen molar-refractivity contribution in [3.8, 4) is 0 Å². The predicted molar refractivity (Wildman–Crippen MR) is 123 cm³/mol. The van der Waals surface area contributed by atoms with Crippen molar-refractivity contribution in [3.63, 3.8) is 0 Å². The normalized spacial score (nSPS) is 27.9. The van der Waals surface area contributed by atoms with Gasteiger partial charge in [-0.2, -0.15) is 0 Å². The molecular formula is C27H25N3O2. The van der Waals surface area contributed by atoms with E-state index in [9.17, 15) is 9.59 Å². The van der Waals surface area contributed by atoms with Gasteiger partial charge in [-0.15, -0.1) is 0 Å². The first-order chi connectivity index (χ1) is 15.6. The monoisotopic (exact) mass is 423 g/mol. The van der Waals surface area contributed by atoms with E-state index in [2.05, 4.69) is 54.0 Å². The number of aryl methyl sites for hydroxylation is 1. The van der Waals surface area contributed by atoms with Crippen LogP contribution >= 0.6 is 0 Å². The lowest BCUT2D eigenvalue weighted by Gasteiger charge is -2.38. The van der Waals surface area contributed by atoms with Crippen molar-refractivity contribution in [3.05, 3.63) is 101 Å². The molecule has 2 fully saturated rings. The lowest BCUT2D eigenvalue weighted by molar-refractivity contribution is -0.148. The maximum Gasteiger partial charge on any atom is 0.247 e. The molecule has 6 rings (SSSR count). The molecule has 32 heavy (non-hydrogen) atoms. The maximum absolute atomic E-state index is 13.8. The lowest BCUT2D eigenvalue weighted by Crippen LogP contribution is -2.64. The standard InChI is InChI=1S/C27H25N3O2/c1-17-8-7-11-19(14-17)27-16-23-24(31)28-22(15-18-9-3-2-4-10-18)25(32)30(23)26(27)29-21-13-6-5-12-20(21)27/h2-14,22-23,26,29H,15-16H2,1H3,(H,28,31)/t22-,23-,26+,27-/m0/s1. The van der Waals surface area contributed by atoms with Gasteiger partial charge in [0.25, 0.3) is 0 Å². The molecule has 3 aromatic rings. The van der Waals surface area contributed by atoms with Gasteiger partial charge in [0.05, 0.1) is 5.41 Å². The first-order valence-corrected chi connectivity index (χ1v) is 11.2. The highest BCUT2D eigenvalue weighted by molar-refractivity contribution is 5.99. The number of amides is 2. The van der Waals surface area contributed by atoms with E-state index in [-0.39, 0.29) is 18.0 Å². The summed E-state index contributed by atoms with van der Waals surface area (Å²) in [5, 5.41) is 6.64. The van der Waals surface area contributed by atoms with Crippen LogP contribution in [0.3, 0.4) is 0 Å². The highest BCUT2D eigenvalue weighted by atomic mass is 16.2. The highest BCUT2D eigenvalue weighted by Gasteiger charge is 2.63. The third-order valence-electron chi connectivity index (χ3n) is 7.28. The van der Waals surface area contributed by atoms with E-state index in [1.54, 1.807) is 0 Å². The fourth-order valence-electron chi connectivity index (χ4n) is 5.88. The number of hydrogen-bond acceptors (Lipinski definition) is 3. The largest absolute Gasteiger partial charge is 0.364 e. The number of rotatable bonds is 3. The van der Waals surface area contributed by atoms with E-state index >= 15 is 0 Å². The molecule has 4 atom stereocenters. The van der Waals surface area contributed by atoms with Gasteiger partial charge in [0, 0.05) is 12.1 Å². The van der Waals surface area contributed by atoms with Gasteiger partial charge >= 0.3 is 0 Å². The molecule has 2 N–H and O–H groups in total. The van der Waals surface area contributed by atoms with E-state index in [1.807, 2.05) is 47.4 Å². The molecule has 0 saturated carbocycles. The molecule has 5 heteroatoms. The Morgan fingerprint density at radius 3 is 2.53 bits per heavy atom. The molecule has 2 amide bonds. The van der Waals surface area contributed by atoms with Gasteiger partial charge in [-0.05, 0) is 36.1 Å². The zero-order valence-corrected chi connectivity index (χ0v) is 17.9. The third-order valence-corrected chi connectivity index (χ3v) is 7.28. The smallest absolute Gasteiger partial charge is 0.247 e. The van der Waals surface area contributed by atoms with Gasteiger partial charge < -0.3 is 15.5 Å². The summed E-state index contributed by atoms with van der Waals surface area (Å²) in [5.41, 5.74) is 5.09.